The zero-order valence-corrected chi connectivity index (χ0v) is 16.2. The average molecular weight is 368 g/mol. The van der Waals surface area contributed by atoms with E-state index in [-0.39, 0.29) is 12.3 Å². The third kappa shape index (κ3) is 2.88. The maximum atomic E-state index is 6.30. The molecule has 0 spiro atoms. The summed E-state index contributed by atoms with van der Waals surface area (Å²) < 4.78 is 6.30. The molecular weight excluding hydrogens is 344 g/mol. The van der Waals surface area contributed by atoms with E-state index >= 15 is 0 Å². The van der Waals surface area contributed by atoms with Gasteiger partial charge in [0.05, 0.1) is 11.7 Å². The van der Waals surface area contributed by atoms with Crippen molar-refractivity contribution in [3.05, 3.63) is 96.1 Å². The summed E-state index contributed by atoms with van der Waals surface area (Å²) in [5.74, 6) is 1.36. The molecule has 0 saturated carbocycles. The van der Waals surface area contributed by atoms with Crippen molar-refractivity contribution in [1.82, 2.24) is 10.4 Å². The molecule has 0 radical (unpaired) electrons. The van der Waals surface area contributed by atoms with Crippen LogP contribution in [0.25, 0.3) is 16.8 Å². The smallest absolute Gasteiger partial charge is 0.172 e. The minimum absolute atomic E-state index is 0.00255. The molecule has 2 aliphatic rings. The van der Waals surface area contributed by atoms with Gasteiger partial charge in [0.2, 0.25) is 0 Å². The number of hydrazine groups is 1. The Morgan fingerprint density at radius 3 is 2.18 bits per heavy atom. The fraction of sp³-hybridized carbons (Fsp3) is 0.200. The van der Waals surface area contributed by atoms with Crippen molar-refractivity contribution in [2.75, 3.05) is 0 Å². The Balaban J connectivity index is 1.48. The second-order valence-corrected chi connectivity index (χ2v) is 7.78. The lowest BCUT2D eigenvalue weighted by Crippen LogP contribution is -2.51. The predicted octanol–water partition coefficient (Wildman–Crippen LogP) is 5.63. The predicted molar refractivity (Wildman–Crippen MR) is 113 cm³/mol. The van der Waals surface area contributed by atoms with Crippen molar-refractivity contribution in [1.29, 1.82) is 0 Å². The third-order valence-electron chi connectivity index (χ3n) is 5.51. The summed E-state index contributed by atoms with van der Waals surface area (Å²) in [7, 11) is 0. The Bertz CT molecular complexity index is 1010. The SMILES string of the molecule is CC(C)[C@@H]1Oc2ccccc2[C@H]2C=C(c3ccc(-c4ccccc4)cc3)NN21. The van der Waals surface area contributed by atoms with Crippen LogP contribution in [0.2, 0.25) is 0 Å². The van der Waals surface area contributed by atoms with Gasteiger partial charge < -0.3 is 10.2 Å². The zero-order valence-electron chi connectivity index (χ0n) is 16.2. The van der Waals surface area contributed by atoms with E-state index in [9.17, 15) is 0 Å². The molecule has 0 aromatic heterocycles. The number of fused-ring (bicyclic) bond motifs is 3. The van der Waals surface area contributed by atoms with Crippen molar-refractivity contribution in [2.24, 2.45) is 5.92 Å². The molecule has 3 nitrogen and oxygen atoms in total. The normalized spacial score (nSPS) is 20.8. The Morgan fingerprint density at radius 2 is 1.43 bits per heavy atom. The molecule has 0 saturated heterocycles. The van der Waals surface area contributed by atoms with Crippen LogP contribution < -0.4 is 10.2 Å². The van der Waals surface area contributed by atoms with E-state index in [1.807, 2.05) is 12.1 Å². The molecule has 28 heavy (non-hydrogen) atoms. The minimum Gasteiger partial charge on any atom is -0.473 e. The van der Waals surface area contributed by atoms with Gasteiger partial charge in [-0.15, -0.1) is 0 Å². The van der Waals surface area contributed by atoms with Gasteiger partial charge in [0.25, 0.3) is 0 Å². The van der Waals surface area contributed by atoms with Crippen LogP contribution in [0, 0.1) is 5.92 Å². The number of para-hydroxylation sites is 1. The van der Waals surface area contributed by atoms with Gasteiger partial charge in [-0.05, 0) is 28.8 Å². The molecule has 0 unspecified atom stereocenters. The summed E-state index contributed by atoms with van der Waals surface area (Å²) in [5.41, 5.74) is 9.61. The number of rotatable bonds is 3. The molecule has 5 rings (SSSR count). The lowest BCUT2D eigenvalue weighted by Gasteiger charge is -2.40. The van der Waals surface area contributed by atoms with Gasteiger partial charge in [-0.2, -0.15) is 5.01 Å². The fourth-order valence-corrected chi connectivity index (χ4v) is 4.06. The third-order valence-corrected chi connectivity index (χ3v) is 5.51. The quantitative estimate of drug-likeness (QED) is 0.648. The molecular formula is C25H24N2O. The summed E-state index contributed by atoms with van der Waals surface area (Å²) in [4.78, 5) is 0. The van der Waals surface area contributed by atoms with E-state index in [0.717, 1.165) is 11.4 Å². The van der Waals surface area contributed by atoms with E-state index in [1.165, 1.54) is 22.3 Å². The molecule has 0 fully saturated rings. The standard InChI is InChI=1S/C25H24N2O/c1-17(2)25-27-23(21-10-6-7-11-24(21)28-25)16-22(26-27)20-14-12-19(13-15-20)18-8-4-3-5-9-18/h3-17,23,25-26H,1-2H3/t23-,25+/m1/s1. The zero-order chi connectivity index (χ0) is 19.1. The second-order valence-electron chi connectivity index (χ2n) is 7.78. The van der Waals surface area contributed by atoms with Crippen LogP contribution in [0.1, 0.15) is 31.0 Å². The Hall–Kier alpha value is -3.04. The van der Waals surface area contributed by atoms with E-state index in [1.54, 1.807) is 0 Å². The molecule has 0 amide bonds. The van der Waals surface area contributed by atoms with Crippen molar-refractivity contribution in [2.45, 2.75) is 26.1 Å². The van der Waals surface area contributed by atoms with Gasteiger partial charge in [0, 0.05) is 11.5 Å². The first kappa shape index (κ1) is 17.1. The molecule has 0 bridgehead atoms. The lowest BCUT2D eigenvalue weighted by atomic mass is 9.99. The van der Waals surface area contributed by atoms with Gasteiger partial charge >= 0.3 is 0 Å². The number of hydrogen-bond acceptors (Lipinski definition) is 3. The monoisotopic (exact) mass is 368 g/mol. The van der Waals surface area contributed by atoms with E-state index in [4.69, 9.17) is 4.74 Å². The summed E-state index contributed by atoms with van der Waals surface area (Å²) in [6.07, 6.45) is 2.31. The van der Waals surface area contributed by atoms with E-state index in [2.05, 4.69) is 97.1 Å². The first-order chi connectivity index (χ1) is 13.7. The van der Waals surface area contributed by atoms with Crippen LogP contribution in [-0.2, 0) is 0 Å². The van der Waals surface area contributed by atoms with Crippen LogP contribution in [0.4, 0.5) is 0 Å². The maximum absolute atomic E-state index is 6.30. The number of nitrogens with one attached hydrogen (secondary N) is 1. The molecule has 3 aromatic rings. The van der Waals surface area contributed by atoms with Crippen LogP contribution >= 0.6 is 0 Å². The van der Waals surface area contributed by atoms with Crippen LogP contribution in [0.3, 0.4) is 0 Å². The number of nitrogens with zero attached hydrogens (tertiary/aromatic N) is 1. The highest BCUT2D eigenvalue weighted by Crippen LogP contribution is 2.42. The lowest BCUT2D eigenvalue weighted by molar-refractivity contribution is -0.0583. The highest BCUT2D eigenvalue weighted by atomic mass is 16.5. The molecule has 2 aliphatic heterocycles. The summed E-state index contributed by atoms with van der Waals surface area (Å²) in [5, 5.41) is 2.24. The average Bonchev–Trinajstić information content (AvgIpc) is 3.19. The molecule has 3 aromatic carbocycles. The first-order valence-corrected chi connectivity index (χ1v) is 9.89. The first-order valence-electron chi connectivity index (χ1n) is 9.89. The van der Waals surface area contributed by atoms with Crippen molar-refractivity contribution >= 4 is 5.70 Å². The van der Waals surface area contributed by atoms with Crippen LogP contribution in [-0.4, -0.2) is 11.2 Å². The molecule has 2 atom stereocenters. The summed E-state index contributed by atoms with van der Waals surface area (Å²) in [6.45, 7) is 4.40. The molecule has 140 valence electrons. The highest BCUT2D eigenvalue weighted by molar-refractivity contribution is 5.71. The molecule has 3 heteroatoms. The number of ether oxygens (including phenoxy) is 1. The van der Waals surface area contributed by atoms with Crippen LogP contribution in [0.5, 0.6) is 5.75 Å². The highest BCUT2D eigenvalue weighted by Gasteiger charge is 2.40. The van der Waals surface area contributed by atoms with Crippen molar-refractivity contribution < 1.29 is 4.74 Å². The Labute approximate surface area is 166 Å². The van der Waals surface area contributed by atoms with Gasteiger partial charge in [-0.25, -0.2) is 0 Å². The molecule has 1 N–H and O–H groups in total. The largest absolute Gasteiger partial charge is 0.473 e. The second kappa shape index (κ2) is 6.84. The van der Waals surface area contributed by atoms with Gasteiger partial charge in [0.1, 0.15) is 5.75 Å². The number of benzene rings is 3. The molecule has 0 aliphatic carbocycles. The minimum atomic E-state index is -0.00255. The van der Waals surface area contributed by atoms with E-state index in [0.29, 0.717) is 5.92 Å². The van der Waals surface area contributed by atoms with Gasteiger partial charge in [0.15, 0.2) is 6.23 Å². The van der Waals surface area contributed by atoms with Crippen LogP contribution in [0.15, 0.2) is 84.9 Å². The van der Waals surface area contributed by atoms with Crippen molar-refractivity contribution in [3.63, 3.8) is 0 Å². The van der Waals surface area contributed by atoms with Gasteiger partial charge in [-0.1, -0.05) is 86.6 Å². The topological polar surface area (TPSA) is 24.5 Å². The Morgan fingerprint density at radius 1 is 0.786 bits per heavy atom. The van der Waals surface area contributed by atoms with Crippen molar-refractivity contribution in [3.8, 4) is 16.9 Å². The van der Waals surface area contributed by atoms with Gasteiger partial charge in [-0.3, -0.25) is 0 Å². The fourth-order valence-electron chi connectivity index (χ4n) is 4.06. The molecule has 2 heterocycles. The Kier molecular flexibility index (Phi) is 4.18. The van der Waals surface area contributed by atoms with E-state index < -0.39 is 0 Å². The maximum Gasteiger partial charge on any atom is 0.172 e. The summed E-state index contributed by atoms with van der Waals surface area (Å²) in [6, 6.07) is 27.8. The summed E-state index contributed by atoms with van der Waals surface area (Å²) >= 11 is 0. The number of hydrogen-bond donors (Lipinski definition) is 1.